The quantitative estimate of drug-likeness (QED) is 0.805. The molecule has 6 nitrogen and oxygen atoms in total. The van der Waals surface area contributed by atoms with Crippen LogP contribution in [0.1, 0.15) is 23.9 Å². The van der Waals surface area contributed by atoms with Crippen molar-refractivity contribution < 1.29 is 17.7 Å². The molecule has 0 radical (unpaired) electrons. The van der Waals surface area contributed by atoms with Crippen LogP contribution in [0.25, 0.3) is 0 Å². The molecule has 2 aromatic rings. The average molecular weight is 336 g/mol. The van der Waals surface area contributed by atoms with Crippen molar-refractivity contribution in [3.05, 3.63) is 53.4 Å². The maximum absolute atomic E-state index is 12.4. The van der Waals surface area contributed by atoms with Gasteiger partial charge in [0.15, 0.2) is 15.6 Å². The summed E-state index contributed by atoms with van der Waals surface area (Å²) < 4.78 is 29.7. The largest absolute Gasteiger partial charge is 0.360 e. The van der Waals surface area contributed by atoms with Gasteiger partial charge in [-0.15, -0.1) is 0 Å². The molecule has 0 saturated heterocycles. The molecule has 0 fully saturated rings. The third kappa shape index (κ3) is 4.41. The summed E-state index contributed by atoms with van der Waals surface area (Å²) in [7, 11) is -2.06. The number of nitrogens with zero attached hydrogens (tertiary/aromatic N) is 2. The number of aryl methyl sites for hydroxylation is 1. The van der Waals surface area contributed by atoms with Gasteiger partial charge in [0.05, 0.1) is 5.69 Å². The van der Waals surface area contributed by atoms with E-state index in [1.165, 1.54) is 11.8 Å². The van der Waals surface area contributed by atoms with Gasteiger partial charge in [-0.25, -0.2) is 8.42 Å². The Morgan fingerprint density at radius 3 is 2.52 bits per heavy atom. The van der Waals surface area contributed by atoms with Gasteiger partial charge in [0, 0.05) is 19.7 Å². The molecular formula is C16H20N2O4S. The zero-order valence-electron chi connectivity index (χ0n) is 13.4. The van der Waals surface area contributed by atoms with Crippen LogP contribution >= 0.6 is 0 Å². The average Bonchev–Trinajstić information content (AvgIpc) is 2.91. The van der Waals surface area contributed by atoms with Gasteiger partial charge in [0.1, 0.15) is 11.0 Å². The van der Waals surface area contributed by atoms with Crippen molar-refractivity contribution in [2.24, 2.45) is 0 Å². The van der Waals surface area contributed by atoms with E-state index in [2.05, 4.69) is 5.16 Å². The molecule has 124 valence electrons. The van der Waals surface area contributed by atoms with Crippen molar-refractivity contribution in [1.29, 1.82) is 0 Å². The zero-order valence-corrected chi connectivity index (χ0v) is 14.2. The van der Waals surface area contributed by atoms with Crippen molar-refractivity contribution in [3.63, 3.8) is 0 Å². The molecule has 1 aromatic heterocycles. The molecule has 0 N–H and O–H groups in total. The lowest BCUT2D eigenvalue weighted by molar-refractivity contribution is -0.129. The third-order valence-corrected chi connectivity index (χ3v) is 5.51. The predicted octanol–water partition coefficient (Wildman–Crippen LogP) is 1.94. The van der Waals surface area contributed by atoms with Crippen LogP contribution in [0.15, 0.2) is 40.9 Å². The second-order valence-electron chi connectivity index (χ2n) is 5.56. The first-order valence-corrected chi connectivity index (χ1v) is 8.94. The lowest BCUT2D eigenvalue weighted by Gasteiger charge is -2.21. The zero-order chi connectivity index (χ0) is 17.0. The highest BCUT2D eigenvalue weighted by molar-refractivity contribution is 7.92. The number of hydrogen-bond acceptors (Lipinski definition) is 5. The maximum Gasteiger partial charge on any atom is 0.240 e. The summed E-state index contributed by atoms with van der Waals surface area (Å²) in [6.45, 7) is 3.48. The standard InChI is InChI=1S/C16H20N2O4S/c1-12-9-15(22-17-12)11-23(20,21)13(2)16(19)18(3)10-14-7-5-4-6-8-14/h4-9,13H,10-11H2,1-3H3/t13-/m1/s1. The molecule has 0 unspecified atom stereocenters. The maximum atomic E-state index is 12.4. The second-order valence-corrected chi connectivity index (χ2v) is 7.89. The summed E-state index contributed by atoms with van der Waals surface area (Å²) in [6, 6.07) is 11.0. The summed E-state index contributed by atoms with van der Waals surface area (Å²) in [5.74, 6) is -0.530. The van der Waals surface area contributed by atoms with E-state index < -0.39 is 21.0 Å². The highest BCUT2D eigenvalue weighted by Gasteiger charge is 2.31. The van der Waals surface area contributed by atoms with Gasteiger partial charge < -0.3 is 9.42 Å². The molecule has 1 aromatic carbocycles. The Hall–Kier alpha value is -2.15. The first-order valence-electron chi connectivity index (χ1n) is 7.22. The Morgan fingerprint density at radius 1 is 1.30 bits per heavy atom. The highest BCUT2D eigenvalue weighted by Crippen LogP contribution is 2.15. The highest BCUT2D eigenvalue weighted by atomic mass is 32.2. The first kappa shape index (κ1) is 17.2. The molecule has 0 aliphatic carbocycles. The van der Waals surface area contributed by atoms with Gasteiger partial charge >= 0.3 is 0 Å². The van der Waals surface area contributed by atoms with Crippen LogP contribution in [0, 0.1) is 6.92 Å². The summed E-state index contributed by atoms with van der Waals surface area (Å²) >= 11 is 0. The molecule has 1 heterocycles. The van der Waals surface area contributed by atoms with Gasteiger partial charge in [-0.05, 0) is 19.4 Å². The molecule has 2 rings (SSSR count). The normalized spacial score (nSPS) is 12.8. The number of carbonyl (C=O) groups is 1. The van der Waals surface area contributed by atoms with Gasteiger partial charge in [-0.3, -0.25) is 4.79 Å². The molecule has 0 bridgehead atoms. The van der Waals surface area contributed by atoms with Crippen molar-refractivity contribution in [2.75, 3.05) is 7.05 Å². The van der Waals surface area contributed by atoms with Crippen molar-refractivity contribution >= 4 is 15.7 Å². The fraction of sp³-hybridized carbons (Fsp3) is 0.375. The monoisotopic (exact) mass is 336 g/mol. The third-order valence-electron chi connectivity index (χ3n) is 3.55. The van der Waals surface area contributed by atoms with Crippen molar-refractivity contribution in [2.45, 2.75) is 31.4 Å². The van der Waals surface area contributed by atoms with Gasteiger partial charge in [-0.1, -0.05) is 35.5 Å². The first-order chi connectivity index (χ1) is 10.8. The minimum Gasteiger partial charge on any atom is -0.360 e. The number of rotatable bonds is 6. The number of aromatic nitrogens is 1. The fourth-order valence-electron chi connectivity index (χ4n) is 2.21. The van der Waals surface area contributed by atoms with Gasteiger partial charge in [-0.2, -0.15) is 0 Å². The van der Waals surface area contributed by atoms with E-state index in [9.17, 15) is 13.2 Å². The lowest BCUT2D eigenvalue weighted by atomic mass is 10.2. The van der Waals surface area contributed by atoms with Crippen LogP contribution in [0.4, 0.5) is 0 Å². The Morgan fingerprint density at radius 2 is 1.96 bits per heavy atom. The molecule has 1 amide bonds. The van der Waals surface area contributed by atoms with Crippen LogP contribution < -0.4 is 0 Å². The van der Waals surface area contributed by atoms with E-state index >= 15 is 0 Å². The van der Waals surface area contributed by atoms with Gasteiger partial charge in [0.25, 0.3) is 0 Å². The Bertz CT molecular complexity index is 768. The molecule has 23 heavy (non-hydrogen) atoms. The number of sulfone groups is 1. The van der Waals surface area contributed by atoms with Crippen molar-refractivity contribution in [1.82, 2.24) is 10.1 Å². The minimum absolute atomic E-state index is 0.243. The smallest absolute Gasteiger partial charge is 0.240 e. The van der Waals surface area contributed by atoms with E-state index in [-0.39, 0.29) is 11.5 Å². The van der Waals surface area contributed by atoms with E-state index in [1.807, 2.05) is 30.3 Å². The number of carbonyl (C=O) groups excluding carboxylic acids is 1. The number of hydrogen-bond donors (Lipinski definition) is 0. The number of benzene rings is 1. The topological polar surface area (TPSA) is 80.5 Å². The minimum atomic E-state index is -3.66. The molecule has 0 aliphatic heterocycles. The van der Waals surface area contributed by atoms with Crippen LogP contribution in [-0.4, -0.2) is 36.7 Å². The van der Waals surface area contributed by atoms with Gasteiger partial charge in [0.2, 0.25) is 5.91 Å². The Labute approximate surface area is 136 Å². The van der Waals surface area contributed by atoms with E-state index in [0.717, 1.165) is 5.56 Å². The fourth-order valence-corrected chi connectivity index (χ4v) is 3.48. The van der Waals surface area contributed by atoms with E-state index in [0.29, 0.717) is 12.2 Å². The SMILES string of the molecule is Cc1cc(CS(=O)(=O)[C@H](C)C(=O)N(C)Cc2ccccc2)on1. The molecule has 7 heteroatoms. The van der Waals surface area contributed by atoms with E-state index in [4.69, 9.17) is 4.52 Å². The summed E-state index contributed by atoms with van der Waals surface area (Å²) in [6.07, 6.45) is 0. The molecule has 0 saturated carbocycles. The van der Waals surface area contributed by atoms with Crippen LogP contribution in [0.2, 0.25) is 0 Å². The Balaban J connectivity index is 2.05. The summed E-state index contributed by atoms with van der Waals surface area (Å²) in [4.78, 5) is 13.8. The molecule has 1 atom stereocenters. The molecular weight excluding hydrogens is 316 g/mol. The van der Waals surface area contributed by atoms with Crippen molar-refractivity contribution in [3.8, 4) is 0 Å². The van der Waals surface area contributed by atoms with Crippen LogP contribution in [-0.2, 0) is 26.9 Å². The Kier molecular flexibility index (Phi) is 5.20. The molecule has 0 aliphatic rings. The lowest BCUT2D eigenvalue weighted by Crippen LogP contribution is -2.39. The summed E-state index contributed by atoms with van der Waals surface area (Å²) in [5.41, 5.74) is 1.55. The van der Waals surface area contributed by atoms with E-state index in [1.54, 1.807) is 20.0 Å². The number of amides is 1. The summed E-state index contributed by atoms with van der Waals surface area (Å²) in [5, 5.41) is 2.52. The second kappa shape index (κ2) is 6.95. The predicted molar refractivity (Wildman–Crippen MR) is 86.2 cm³/mol. The molecule has 0 spiro atoms. The van der Waals surface area contributed by atoms with Crippen LogP contribution in [0.5, 0.6) is 0 Å². The van der Waals surface area contributed by atoms with Crippen LogP contribution in [0.3, 0.4) is 0 Å².